The van der Waals surface area contributed by atoms with E-state index in [1.165, 1.54) is 18.5 Å². The fraction of sp³-hybridized carbons (Fsp3) is 0.250. The van der Waals surface area contributed by atoms with Crippen LogP contribution in [0, 0.1) is 0 Å². The van der Waals surface area contributed by atoms with E-state index in [2.05, 4.69) is 4.98 Å². The Labute approximate surface area is 123 Å². The van der Waals surface area contributed by atoms with E-state index in [1.807, 2.05) is 25.1 Å². The van der Waals surface area contributed by atoms with Crippen molar-refractivity contribution in [2.24, 2.45) is 0 Å². The lowest BCUT2D eigenvalue weighted by molar-refractivity contribution is 0.101. The van der Waals surface area contributed by atoms with E-state index in [4.69, 9.17) is 13.9 Å². The average Bonchev–Trinajstić information content (AvgIpc) is 3.05. The number of hydrogen-bond donors (Lipinski definition) is 0. The number of allylic oxidation sites excluding steroid dienone is 1. The van der Waals surface area contributed by atoms with E-state index in [9.17, 15) is 4.79 Å². The lowest BCUT2D eigenvalue weighted by Crippen LogP contribution is -1.98. The Balaban J connectivity index is 2.11. The second-order valence-electron chi connectivity index (χ2n) is 4.29. The molecule has 0 saturated carbocycles. The standard InChI is InChI=1S/C16H17NO4/c1-3-9-20-14-7-5-12(11-15(14)19-2)4-6-13(18)16-17-8-10-21-16/h4-8,10-11H,3,9H2,1-2H3. The van der Waals surface area contributed by atoms with Gasteiger partial charge in [-0.15, -0.1) is 0 Å². The molecule has 5 nitrogen and oxygen atoms in total. The van der Waals surface area contributed by atoms with Crippen molar-refractivity contribution in [1.82, 2.24) is 4.98 Å². The average molecular weight is 287 g/mol. The van der Waals surface area contributed by atoms with Gasteiger partial charge in [-0.05, 0) is 30.2 Å². The zero-order valence-electron chi connectivity index (χ0n) is 12.0. The summed E-state index contributed by atoms with van der Waals surface area (Å²) in [6, 6.07) is 5.49. The molecule has 0 bridgehead atoms. The van der Waals surface area contributed by atoms with Gasteiger partial charge >= 0.3 is 0 Å². The van der Waals surface area contributed by atoms with Crippen molar-refractivity contribution in [1.29, 1.82) is 0 Å². The van der Waals surface area contributed by atoms with Crippen LogP contribution in [0.5, 0.6) is 11.5 Å². The molecule has 0 atom stereocenters. The van der Waals surface area contributed by atoms with Gasteiger partial charge in [0.2, 0.25) is 5.78 Å². The van der Waals surface area contributed by atoms with Crippen LogP contribution in [0.3, 0.4) is 0 Å². The van der Waals surface area contributed by atoms with Crippen LogP contribution in [-0.2, 0) is 0 Å². The molecule has 0 N–H and O–H groups in total. The Morgan fingerprint density at radius 2 is 2.24 bits per heavy atom. The van der Waals surface area contributed by atoms with Crippen LogP contribution >= 0.6 is 0 Å². The van der Waals surface area contributed by atoms with Gasteiger partial charge in [0.1, 0.15) is 6.26 Å². The minimum absolute atomic E-state index is 0.0705. The van der Waals surface area contributed by atoms with E-state index < -0.39 is 0 Å². The summed E-state index contributed by atoms with van der Waals surface area (Å²) in [6.45, 7) is 2.67. The van der Waals surface area contributed by atoms with Crippen LogP contribution in [0.4, 0.5) is 0 Å². The van der Waals surface area contributed by atoms with Gasteiger partial charge < -0.3 is 13.9 Å². The zero-order chi connectivity index (χ0) is 15.1. The molecule has 2 rings (SSSR count). The molecule has 1 aromatic heterocycles. The van der Waals surface area contributed by atoms with Gasteiger partial charge in [0.25, 0.3) is 5.89 Å². The number of carbonyl (C=O) groups is 1. The summed E-state index contributed by atoms with van der Waals surface area (Å²) < 4.78 is 15.8. The highest BCUT2D eigenvalue weighted by Crippen LogP contribution is 2.28. The number of carbonyl (C=O) groups excluding carboxylic acids is 1. The highest BCUT2D eigenvalue weighted by Gasteiger charge is 2.07. The van der Waals surface area contributed by atoms with E-state index in [0.717, 1.165) is 12.0 Å². The number of oxazole rings is 1. The Bertz CT molecular complexity index is 617. The van der Waals surface area contributed by atoms with Gasteiger partial charge in [-0.2, -0.15) is 0 Å². The van der Waals surface area contributed by atoms with Crippen LogP contribution in [0.2, 0.25) is 0 Å². The summed E-state index contributed by atoms with van der Waals surface area (Å²) >= 11 is 0. The molecule has 0 radical (unpaired) electrons. The van der Waals surface area contributed by atoms with Crippen molar-refractivity contribution >= 4 is 11.9 Å². The molecule has 0 aliphatic carbocycles. The van der Waals surface area contributed by atoms with Gasteiger partial charge in [0.15, 0.2) is 11.5 Å². The maximum absolute atomic E-state index is 11.7. The second-order valence-corrected chi connectivity index (χ2v) is 4.29. The zero-order valence-corrected chi connectivity index (χ0v) is 12.0. The molecule has 0 fully saturated rings. The Morgan fingerprint density at radius 3 is 2.90 bits per heavy atom. The predicted molar refractivity (Wildman–Crippen MR) is 78.6 cm³/mol. The molecular weight excluding hydrogens is 270 g/mol. The van der Waals surface area contributed by atoms with Crippen LogP contribution in [0.25, 0.3) is 6.08 Å². The van der Waals surface area contributed by atoms with Crippen LogP contribution in [-0.4, -0.2) is 24.5 Å². The molecule has 0 amide bonds. The molecule has 0 aliphatic heterocycles. The van der Waals surface area contributed by atoms with Gasteiger partial charge in [0, 0.05) is 0 Å². The lowest BCUT2D eigenvalue weighted by Gasteiger charge is -2.10. The van der Waals surface area contributed by atoms with Crippen molar-refractivity contribution in [3.8, 4) is 11.5 Å². The Kier molecular flexibility index (Phi) is 5.15. The summed E-state index contributed by atoms with van der Waals surface area (Å²) in [4.78, 5) is 15.5. The van der Waals surface area contributed by atoms with Gasteiger partial charge in [-0.3, -0.25) is 4.79 Å². The third-order valence-electron chi connectivity index (χ3n) is 2.72. The van der Waals surface area contributed by atoms with E-state index in [0.29, 0.717) is 18.1 Å². The first-order valence-corrected chi connectivity index (χ1v) is 6.67. The lowest BCUT2D eigenvalue weighted by atomic mass is 10.1. The predicted octanol–water partition coefficient (Wildman–Crippen LogP) is 3.37. The summed E-state index contributed by atoms with van der Waals surface area (Å²) in [5.74, 6) is 1.11. The molecule has 110 valence electrons. The normalized spacial score (nSPS) is 10.8. The number of nitrogens with zero attached hydrogens (tertiary/aromatic N) is 1. The van der Waals surface area contributed by atoms with Crippen LogP contribution < -0.4 is 9.47 Å². The summed E-state index contributed by atoms with van der Waals surface area (Å²) in [5, 5.41) is 0. The highest BCUT2D eigenvalue weighted by atomic mass is 16.5. The molecule has 5 heteroatoms. The largest absolute Gasteiger partial charge is 0.493 e. The first kappa shape index (κ1) is 14.8. The molecular formula is C16H17NO4. The minimum atomic E-state index is -0.287. The van der Waals surface area contributed by atoms with Crippen molar-refractivity contribution in [2.75, 3.05) is 13.7 Å². The number of aromatic nitrogens is 1. The fourth-order valence-corrected chi connectivity index (χ4v) is 1.71. The molecule has 0 saturated heterocycles. The summed E-state index contributed by atoms with van der Waals surface area (Å²) in [7, 11) is 1.58. The first-order valence-electron chi connectivity index (χ1n) is 6.67. The second kappa shape index (κ2) is 7.28. The van der Waals surface area contributed by atoms with Crippen LogP contribution in [0.1, 0.15) is 29.6 Å². The molecule has 1 heterocycles. The summed E-state index contributed by atoms with van der Waals surface area (Å²) in [5.41, 5.74) is 0.829. The molecule has 2 aromatic rings. The third-order valence-corrected chi connectivity index (χ3v) is 2.72. The van der Waals surface area contributed by atoms with Crippen molar-refractivity contribution in [3.63, 3.8) is 0 Å². The van der Waals surface area contributed by atoms with Crippen LogP contribution in [0.15, 0.2) is 41.2 Å². The van der Waals surface area contributed by atoms with E-state index in [1.54, 1.807) is 13.2 Å². The molecule has 0 aliphatic rings. The summed E-state index contributed by atoms with van der Waals surface area (Å²) in [6.07, 6.45) is 6.81. The smallest absolute Gasteiger partial charge is 0.267 e. The van der Waals surface area contributed by atoms with Crippen molar-refractivity contribution < 1.29 is 18.7 Å². The van der Waals surface area contributed by atoms with Gasteiger partial charge in [0.05, 0.1) is 19.9 Å². The number of hydrogen-bond acceptors (Lipinski definition) is 5. The van der Waals surface area contributed by atoms with Crippen molar-refractivity contribution in [3.05, 3.63) is 48.2 Å². The minimum Gasteiger partial charge on any atom is -0.493 e. The van der Waals surface area contributed by atoms with E-state index >= 15 is 0 Å². The molecule has 0 unspecified atom stereocenters. The number of ether oxygens (including phenoxy) is 2. The highest BCUT2D eigenvalue weighted by molar-refractivity contribution is 6.03. The molecule has 0 spiro atoms. The number of benzene rings is 1. The molecule has 1 aromatic carbocycles. The number of methoxy groups -OCH3 is 1. The number of ketones is 1. The topological polar surface area (TPSA) is 61.6 Å². The van der Waals surface area contributed by atoms with Gasteiger partial charge in [-0.25, -0.2) is 4.98 Å². The maximum Gasteiger partial charge on any atom is 0.267 e. The third kappa shape index (κ3) is 3.95. The van der Waals surface area contributed by atoms with Gasteiger partial charge in [-0.1, -0.05) is 19.1 Å². The maximum atomic E-state index is 11.7. The number of rotatable bonds is 7. The van der Waals surface area contributed by atoms with Crippen molar-refractivity contribution in [2.45, 2.75) is 13.3 Å². The fourth-order valence-electron chi connectivity index (χ4n) is 1.71. The quantitative estimate of drug-likeness (QED) is 0.577. The molecule has 21 heavy (non-hydrogen) atoms. The Hall–Kier alpha value is -2.56. The SMILES string of the molecule is CCCOc1ccc(C=CC(=O)c2ncco2)cc1OC. The Morgan fingerprint density at radius 1 is 1.38 bits per heavy atom. The monoisotopic (exact) mass is 287 g/mol. The van der Waals surface area contributed by atoms with E-state index in [-0.39, 0.29) is 11.7 Å². The first-order chi connectivity index (χ1) is 10.2.